The van der Waals surface area contributed by atoms with Crippen molar-refractivity contribution in [2.75, 3.05) is 26.2 Å². The van der Waals surface area contributed by atoms with E-state index in [1.165, 1.54) is 19.3 Å². The summed E-state index contributed by atoms with van der Waals surface area (Å²) in [5.74, 6) is 0.459. The normalized spacial score (nSPS) is 24.6. The lowest BCUT2D eigenvalue weighted by Crippen LogP contribution is -2.50. The van der Waals surface area contributed by atoms with Crippen molar-refractivity contribution in [3.05, 3.63) is 0 Å². The minimum atomic E-state index is -0.0304. The first-order valence-corrected chi connectivity index (χ1v) is 7.29. The zero-order chi connectivity index (χ0) is 12.1. The first-order chi connectivity index (χ1) is 8.28. The van der Waals surface area contributed by atoms with Gasteiger partial charge in [0.2, 0.25) is 5.91 Å². The van der Waals surface area contributed by atoms with E-state index in [4.69, 9.17) is 0 Å². The predicted molar refractivity (Wildman–Crippen MR) is 69.9 cm³/mol. The van der Waals surface area contributed by atoms with Crippen LogP contribution in [0.15, 0.2) is 0 Å². The molecule has 0 radical (unpaired) electrons. The Labute approximate surface area is 105 Å². The van der Waals surface area contributed by atoms with E-state index in [9.17, 15) is 4.79 Å². The molecule has 0 saturated carbocycles. The number of hydrogen-bond acceptors (Lipinski definition) is 2. The summed E-state index contributed by atoms with van der Waals surface area (Å²) in [6.45, 7) is 6.22. The molecule has 2 heterocycles. The van der Waals surface area contributed by atoms with Crippen molar-refractivity contribution < 1.29 is 4.79 Å². The average Bonchev–Trinajstić information content (AvgIpc) is 2.40. The second kappa shape index (κ2) is 5.85. The van der Waals surface area contributed by atoms with Gasteiger partial charge in [0.15, 0.2) is 0 Å². The molecule has 3 heteroatoms. The number of carbonyl (C=O) groups is 1. The lowest BCUT2D eigenvalue weighted by Gasteiger charge is -2.41. The smallest absolute Gasteiger partial charge is 0.228 e. The van der Waals surface area contributed by atoms with E-state index < -0.39 is 0 Å². The van der Waals surface area contributed by atoms with E-state index in [1.54, 1.807) is 0 Å². The molecule has 0 aromatic rings. The molecule has 98 valence electrons. The van der Waals surface area contributed by atoms with Crippen LogP contribution >= 0.6 is 0 Å². The van der Waals surface area contributed by atoms with E-state index in [0.717, 1.165) is 51.9 Å². The molecule has 0 atom stereocenters. The van der Waals surface area contributed by atoms with Gasteiger partial charge in [-0.1, -0.05) is 13.3 Å². The van der Waals surface area contributed by atoms with E-state index in [0.29, 0.717) is 5.91 Å². The molecule has 0 aromatic heterocycles. The van der Waals surface area contributed by atoms with Gasteiger partial charge in [-0.2, -0.15) is 0 Å². The maximum atomic E-state index is 12.8. The highest BCUT2D eigenvalue weighted by molar-refractivity contribution is 5.83. The lowest BCUT2D eigenvalue weighted by molar-refractivity contribution is -0.145. The molecule has 17 heavy (non-hydrogen) atoms. The van der Waals surface area contributed by atoms with Crippen LogP contribution in [0.5, 0.6) is 0 Å². The van der Waals surface area contributed by atoms with Gasteiger partial charge in [-0.15, -0.1) is 0 Å². The zero-order valence-corrected chi connectivity index (χ0v) is 11.1. The van der Waals surface area contributed by atoms with Crippen molar-refractivity contribution in [3.63, 3.8) is 0 Å². The Balaban J connectivity index is 2.05. The van der Waals surface area contributed by atoms with Gasteiger partial charge in [0.05, 0.1) is 5.41 Å². The highest BCUT2D eigenvalue weighted by Crippen LogP contribution is 2.36. The molecule has 2 fully saturated rings. The van der Waals surface area contributed by atoms with Crippen LogP contribution in [0.3, 0.4) is 0 Å². The van der Waals surface area contributed by atoms with Gasteiger partial charge >= 0.3 is 0 Å². The predicted octanol–water partition coefficient (Wildman–Crippen LogP) is 2.17. The SMILES string of the molecule is CCCC1(C(=O)N2CCCCC2)CCNCC1. The molecular weight excluding hydrogens is 212 g/mol. The molecule has 3 nitrogen and oxygen atoms in total. The van der Waals surface area contributed by atoms with E-state index >= 15 is 0 Å². The van der Waals surface area contributed by atoms with Crippen LogP contribution in [0.1, 0.15) is 51.9 Å². The fourth-order valence-electron chi connectivity index (χ4n) is 3.39. The molecule has 0 spiro atoms. The Kier molecular flexibility index (Phi) is 4.43. The summed E-state index contributed by atoms with van der Waals surface area (Å²) in [7, 11) is 0. The van der Waals surface area contributed by atoms with Crippen molar-refractivity contribution in [1.82, 2.24) is 10.2 Å². The van der Waals surface area contributed by atoms with Crippen LogP contribution in [-0.2, 0) is 4.79 Å². The van der Waals surface area contributed by atoms with Gasteiger partial charge in [-0.05, 0) is 51.6 Å². The summed E-state index contributed by atoms with van der Waals surface area (Å²) < 4.78 is 0. The Hall–Kier alpha value is -0.570. The van der Waals surface area contributed by atoms with E-state index in [2.05, 4.69) is 17.1 Å². The van der Waals surface area contributed by atoms with Crippen LogP contribution in [0.2, 0.25) is 0 Å². The zero-order valence-electron chi connectivity index (χ0n) is 11.1. The Morgan fingerprint density at radius 1 is 1.18 bits per heavy atom. The summed E-state index contributed by atoms with van der Waals surface area (Å²) in [4.78, 5) is 14.9. The van der Waals surface area contributed by atoms with Crippen molar-refractivity contribution in [1.29, 1.82) is 0 Å². The van der Waals surface area contributed by atoms with E-state index in [-0.39, 0.29) is 5.41 Å². The van der Waals surface area contributed by atoms with Crippen molar-refractivity contribution in [2.45, 2.75) is 51.9 Å². The fraction of sp³-hybridized carbons (Fsp3) is 0.929. The number of likely N-dealkylation sites (tertiary alicyclic amines) is 1. The van der Waals surface area contributed by atoms with Crippen LogP contribution in [0.4, 0.5) is 0 Å². The standard InChI is InChI=1S/C14H26N2O/c1-2-6-14(7-9-15-10-8-14)13(17)16-11-4-3-5-12-16/h15H,2-12H2,1H3. The number of carbonyl (C=O) groups excluding carboxylic acids is 1. The third-order valence-corrected chi connectivity index (χ3v) is 4.39. The van der Waals surface area contributed by atoms with E-state index in [1.807, 2.05) is 0 Å². The third kappa shape index (κ3) is 2.82. The minimum absolute atomic E-state index is 0.0304. The van der Waals surface area contributed by atoms with Crippen molar-refractivity contribution >= 4 is 5.91 Å². The third-order valence-electron chi connectivity index (χ3n) is 4.39. The fourth-order valence-corrected chi connectivity index (χ4v) is 3.39. The molecule has 1 amide bonds. The van der Waals surface area contributed by atoms with Gasteiger partial charge < -0.3 is 10.2 Å². The van der Waals surface area contributed by atoms with Crippen LogP contribution < -0.4 is 5.32 Å². The van der Waals surface area contributed by atoms with Crippen LogP contribution in [0, 0.1) is 5.41 Å². The lowest BCUT2D eigenvalue weighted by atomic mass is 9.74. The minimum Gasteiger partial charge on any atom is -0.342 e. The number of amides is 1. The summed E-state index contributed by atoms with van der Waals surface area (Å²) in [6.07, 6.45) is 7.97. The molecule has 1 N–H and O–H groups in total. The van der Waals surface area contributed by atoms with Gasteiger partial charge in [-0.25, -0.2) is 0 Å². The van der Waals surface area contributed by atoms with Crippen molar-refractivity contribution in [2.24, 2.45) is 5.41 Å². The monoisotopic (exact) mass is 238 g/mol. The number of rotatable bonds is 3. The Morgan fingerprint density at radius 2 is 1.82 bits per heavy atom. The van der Waals surface area contributed by atoms with Gasteiger partial charge in [-0.3, -0.25) is 4.79 Å². The Bertz CT molecular complexity index is 247. The maximum absolute atomic E-state index is 12.8. The molecule has 2 saturated heterocycles. The molecule has 2 aliphatic rings. The molecule has 2 aliphatic heterocycles. The molecule has 0 aromatic carbocycles. The van der Waals surface area contributed by atoms with Gasteiger partial charge in [0.25, 0.3) is 0 Å². The first-order valence-electron chi connectivity index (χ1n) is 7.29. The van der Waals surface area contributed by atoms with Gasteiger partial charge in [0.1, 0.15) is 0 Å². The second-order valence-corrected chi connectivity index (χ2v) is 5.63. The number of nitrogens with zero attached hydrogens (tertiary/aromatic N) is 1. The molecule has 2 rings (SSSR count). The van der Waals surface area contributed by atoms with Crippen LogP contribution in [-0.4, -0.2) is 37.0 Å². The topological polar surface area (TPSA) is 32.3 Å². The summed E-state index contributed by atoms with van der Waals surface area (Å²) in [5.41, 5.74) is -0.0304. The molecule has 0 aliphatic carbocycles. The Morgan fingerprint density at radius 3 is 2.41 bits per heavy atom. The highest BCUT2D eigenvalue weighted by atomic mass is 16.2. The molecule has 0 bridgehead atoms. The average molecular weight is 238 g/mol. The van der Waals surface area contributed by atoms with Gasteiger partial charge in [0, 0.05) is 13.1 Å². The highest BCUT2D eigenvalue weighted by Gasteiger charge is 2.41. The number of nitrogens with one attached hydrogen (secondary N) is 1. The summed E-state index contributed by atoms with van der Waals surface area (Å²) in [6, 6.07) is 0. The molecular formula is C14H26N2O. The quantitative estimate of drug-likeness (QED) is 0.817. The summed E-state index contributed by atoms with van der Waals surface area (Å²) >= 11 is 0. The largest absolute Gasteiger partial charge is 0.342 e. The molecule has 0 unspecified atom stereocenters. The van der Waals surface area contributed by atoms with Crippen molar-refractivity contribution in [3.8, 4) is 0 Å². The number of hydrogen-bond donors (Lipinski definition) is 1. The summed E-state index contributed by atoms with van der Waals surface area (Å²) in [5, 5.41) is 3.38. The first kappa shape index (κ1) is 12.9. The second-order valence-electron chi connectivity index (χ2n) is 5.63. The number of piperidine rings is 2. The maximum Gasteiger partial charge on any atom is 0.228 e. The van der Waals surface area contributed by atoms with Crippen LogP contribution in [0.25, 0.3) is 0 Å².